The molecular weight excluding hydrogens is 289 g/mol. The van der Waals surface area contributed by atoms with E-state index >= 15 is 0 Å². The van der Waals surface area contributed by atoms with Gasteiger partial charge in [-0.25, -0.2) is 4.79 Å². The number of hydrogen-bond donors (Lipinski definition) is 2. The molecule has 1 atom stereocenters. The Morgan fingerprint density at radius 1 is 1.42 bits per heavy atom. The Morgan fingerprint density at radius 3 is 2.42 bits per heavy atom. The summed E-state index contributed by atoms with van der Waals surface area (Å²) < 4.78 is 38.0. The minimum Gasteiger partial charge on any atom is -0.479 e. The fourth-order valence-electron chi connectivity index (χ4n) is 1.07. The summed E-state index contributed by atoms with van der Waals surface area (Å²) in [5.74, 6) is -3.51. The summed E-state index contributed by atoms with van der Waals surface area (Å²) >= 11 is 5.55. The van der Waals surface area contributed by atoms with Crippen LogP contribution in [0.2, 0.25) is 5.02 Å². The van der Waals surface area contributed by atoms with Crippen molar-refractivity contribution in [2.75, 3.05) is 0 Å². The van der Waals surface area contributed by atoms with Crippen LogP contribution in [0.4, 0.5) is 13.2 Å². The zero-order chi connectivity index (χ0) is 14.8. The van der Waals surface area contributed by atoms with Gasteiger partial charge in [0.15, 0.2) is 0 Å². The summed E-state index contributed by atoms with van der Waals surface area (Å²) in [4.78, 5) is 25.8. The van der Waals surface area contributed by atoms with Crippen molar-refractivity contribution in [2.24, 2.45) is 0 Å². The normalized spacial score (nSPS) is 14.6. The molecule has 2 N–H and O–H groups in total. The maximum atomic E-state index is 12.7. The molecule has 104 valence electrons. The molecule has 1 heterocycles. The zero-order valence-electron chi connectivity index (χ0n) is 9.45. The minimum absolute atomic E-state index is 0.0872. The first-order valence-electron chi connectivity index (χ1n) is 4.82. The van der Waals surface area contributed by atoms with Crippen molar-refractivity contribution < 1.29 is 27.9 Å². The lowest BCUT2D eigenvalue weighted by molar-refractivity contribution is -0.203. The van der Waals surface area contributed by atoms with E-state index in [-0.39, 0.29) is 5.02 Å². The molecule has 0 saturated heterocycles. The van der Waals surface area contributed by atoms with E-state index in [2.05, 4.69) is 4.98 Å². The summed E-state index contributed by atoms with van der Waals surface area (Å²) in [7, 11) is 0. The molecule has 0 radical (unpaired) electrons. The van der Waals surface area contributed by atoms with Crippen LogP contribution in [0, 0.1) is 0 Å². The number of aromatic nitrogens is 1. The second kappa shape index (κ2) is 5.04. The molecule has 19 heavy (non-hydrogen) atoms. The van der Waals surface area contributed by atoms with Crippen LogP contribution in [0.25, 0.3) is 0 Å². The summed E-state index contributed by atoms with van der Waals surface area (Å²) in [5.41, 5.74) is -3.82. The van der Waals surface area contributed by atoms with Gasteiger partial charge < -0.3 is 10.4 Å². The molecule has 0 bridgehead atoms. The molecule has 0 aliphatic rings. The maximum Gasteiger partial charge on any atom is 0.422 e. The van der Waals surface area contributed by atoms with E-state index in [0.29, 0.717) is 6.92 Å². The van der Waals surface area contributed by atoms with Gasteiger partial charge in [0, 0.05) is 11.2 Å². The van der Waals surface area contributed by atoms with Gasteiger partial charge in [0.25, 0.3) is 5.91 Å². The van der Waals surface area contributed by atoms with Crippen molar-refractivity contribution in [2.45, 2.75) is 18.6 Å². The molecule has 1 aromatic rings. The number of aliphatic carboxylic acids is 1. The molecule has 0 aromatic carbocycles. The lowest BCUT2D eigenvalue weighted by Gasteiger charge is -2.28. The fourth-order valence-corrected chi connectivity index (χ4v) is 1.23. The van der Waals surface area contributed by atoms with Crippen molar-refractivity contribution in [1.29, 1.82) is 0 Å². The van der Waals surface area contributed by atoms with E-state index < -0.39 is 29.3 Å². The third kappa shape index (κ3) is 3.14. The number of halogens is 4. The maximum absolute atomic E-state index is 12.7. The molecule has 5 nitrogen and oxygen atoms in total. The Labute approximate surface area is 110 Å². The highest BCUT2D eigenvalue weighted by molar-refractivity contribution is 6.30. The molecule has 1 unspecified atom stereocenters. The lowest BCUT2D eigenvalue weighted by Crippen LogP contribution is -2.62. The Morgan fingerprint density at radius 2 is 2.00 bits per heavy atom. The van der Waals surface area contributed by atoms with E-state index in [4.69, 9.17) is 16.7 Å². The number of hydrogen-bond acceptors (Lipinski definition) is 3. The average molecular weight is 297 g/mol. The van der Waals surface area contributed by atoms with Gasteiger partial charge in [-0.2, -0.15) is 13.2 Å². The van der Waals surface area contributed by atoms with Gasteiger partial charge in [-0.15, -0.1) is 0 Å². The Kier molecular flexibility index (Phi) is 4.04. The number of carbonyl (C=O) groups excluding carboxylic acids is 1. The highest BCUT2D eigenvalue weighted by Crippen LogP contribution is 2.30. The van der Waals surface area contributed by atoms with Crippen molar-refractivity contribution in [3.05, 3.63) is 29.0 Å². The Hall–Kier alpha value is -1.83. The van der Waals surface area contributed by atoms with Crippen molar-refractivity contribution in [3.8, 4) is 0 Å². The van der Waals surface area contributed by atoms with E-state index in [1.165, 1.54) is 11.4 Å². The lowest BCUT2D eigenvalue weighted by atomic mass is 10.0. The predicted octanol–water partition coefficient (Wildman–Crippen LogP) is 1.87. The molecule has 0 saturated carbocycles. The predicted molar refractivity (Wildman–Crippen MR) is 58.8 cm³/mol. The summed E-state index contributed by atoms with van der Waals surface area (Å²) in [6.45, 7) is 0.345. The molecular formula is C10H8ClF3N2O3. The molecule has 0 fully saturated rings. The third-order valence-corrected chi connectivity index (χ3v) is 2.55. The van der Waals surface area contributed by atoms with Gasteiger partial charge in [0.05, 0.1) is 0 Å². The van der Waals surface area contributed by atoms with Crippen LogP contribution >= 0.6 is 11.6 Å². The fraction of sp³-hybridized carbons (Fsp3) is 0.300. The number of amides is 1. The first-order chi connectivity index (χ1) is 8.58. The summed E-state index contributed by atoms with van der Waals surface area (Å²) in [6, 6.07) is 2.34. The van der Waals surface area contributed by atoms with E-state index in [1.807, 2.05) is 0 Å². The number of pyridine rings is 1. The third-order valence-electron chi connectivity index (χ3n) is 2.31. The van der Waals surface area contributed by atoms with Gasteiger partial charge in [-0.1, -0.05) is 11.6 Å². The molecule has 0 aliphatic carbocycles. The minimum atomic E-state index is -5.16. The molecule has 0 aliphatic heterocycles. The molecule has 1 aromatic heterocycles. The first-order valence-corrected chi connectivity index (χ1v) is 5.20. The van der Waals surface area contributed by atoms with Crippen LogP contribution in [0.5, 0.6) is 0 Å². The monoisotopic (exact) mass is 296 g/mol. The molecule has 1 amide bonds. The quantitative estimate of drug-likeness (QED) is 0.892. The number of carbonyl (C=O) groups is 2. The van der Waals surface area contributed by atoms with Crippen LogP contribution < -0.4 is 5.32 Å². The smallest absolute Gasteiger partial charge is 0.422 e. The summed E-state index contributed by atoms with van der Waals surface area (Å²) in [5, 5.41) is 10.1. The molecule has 9 heteroatoms. The highest BCUT2D eigenvalue weighted by Gasteiger charge is 2.58. The van der Waals surface area contributed by atoms with E-state index in [0.717, 1.165) is 12.3 Å². The Bertz CT molecular complexity index is 521. The standard InChI is InChI=1S/C10H8ClF3N2O3/c1-9(8(18)19,10(12,13)14)16-7(17)6-4-5(11)2-3-15-6/h2-4H,1H3,(H,16,17)(H,18,19). The topological polar surface area (TPSA) is 79.3 Å². The molecule has 1 rings (SSSR count). The SMILES string of the molecule is CC(NC(=O)c1cc(Cl)ccn1)(C(=O)O)C(F)(F)F. The number of nitrogens with zero attached hydrogens (tertiary/aromatic N) is 1. The van der Waals surface area contributed by atoms with Crippen molar-refractivity contribution >= 4 is 23.5 Å². The van der Waals surface area contributed by atoms with E-state index in [1.54, 1.807) is 0 Å². The number of rotatable bonds is 3. The van der Waals surface area contributed by atoms with Gasteiger partial charge in [-0.3, -0.25) is 9.78 Å². The summed E-state index contributed by atoms with van der Waals surface area (Å²) in [6.07, 6.45) is -4.05. The second-order valence-electron chi connectivity index (χ2n) is 3.74. The Balaban J connectivity index is 3.06. The number of nitrogens with one attached hydrogen (secondary N) is 1. The van der Waals surface area contributed by atoms with E-state index in [9.17, 15) is 22.8 Å². The van der Waals surface area contributed by atoms with Crippen LogP contribution in [-0.2, 0) is 4.79 Å². The van der Waals surface area contributed by atoms with Gasteiger partial charge >= 0.3 is 12.1 Å². The van der Waals surface area contributed by atoms with Crippen LogP contribution in [0.3, 0.4) is 0 Å². The van der Waals surface area contributed by atoms with Gasteiger partial charge in [0.2, 0.25) is 5.54 Å². The average Bonchev–Trinajstić information content (AvgIpc) is 2.27. The van der Waals surface area contributed by atoms with Crippen molar-refractivity contribution in [1.82, 2.24) is 10.3 Å². The molecule has 0 spiro atoms. The van der Waals surface area contributed by atoms with Gasteiger partial charge in [-0.05, 0) is 19.1 Å². The van der Waals surface area contributed by atoms with Crippen LogP contribution in [0.15, 0.2) is 18.3 Å². The number of alkyl halides is 3. The van der Waals surface area contributed by atoms with Crippen LogP contribution in [-0.4, -0.2) is 33.7 Å². The van der Waals surface area contributed by atoms with Crippen LogP contribution in [0.1, 0.15) is 17.4 Å². The second-order valence-corrected chi connectivity index (χ2v) is 4.18. The number of carboxylic acid groups (broad SMARTS) is 1. The number of carboxylic acids is 1. The highest BCUT2D eigenvalue weighted by atomic mass is 35.5. The van der Waals surface area contributed by atoms with Crippen molar-refractivity contribution in [3.63, 3.8) is 0 Å². The first kappa shape index (κ1) is 15.2. The zero-order valence-corrected chi connectivity index (χ0v) is 10.2. The van der Waals surface area contributed by atoms with Gasteiger partial charge in [0.1, 0.15) is 5.69 Å². The largest absolute Gasteiger partial charge is 0.479 e.